The monoisotopic (exact) mass is 245 g/mol. The van der Waals surface area contributed by atoms with E-state index in [0.29, 0.717) is 5.69 Å². The Hall–Kier alpha value is -2.06. The van der Waals surface area contributed by atoms with Crippen molar-refractivity contribution in [3.8, 4) is 6.07 Å². The van der Waals surface area contributed by atoms with Crippen molar-refractivity contribution in [1.82, 2.24) is 0 Å². The lowest BCUT2D eigenvalue weighted by molar-refractivity contribution is -0.115. The molecule has 1 N–H and O–H groups in total. The van der Waals surface area contributed by atoms with Gasteiger partial charge in [0.1, 0.15) is 6.42 Å². The highest BCUT2D eigenvalue weighted by molar-refractivity contribution is 5.92. The van der Waals surface area contributed by atoms with Gasteiger partial charge in [-0.25, -0.2) is 0 Å². The maximum Gasteiger partial charge on any atom is 0.238 e. The van der Waals surface area contributed by atoms with Gasteiger partial charge in [-0.3, -0.25) is 4.79 Å². The van der Waals surface area contributed by atoms with Crippen LogP contribution in [0.1, 0.15) is 6.42 Å². The van der Waals surface area contributed by atoms with Gasteiger partial charge in [0, 0.05) is 24.5 Å². The van der Waals surface area contributed by atoms with Gasteiger partial charge in [-0.05, 0) is 24.3 Å². The highest BCUT2D eigenvalue weighted by Gasteiger charge is 2.10. The lowest BCUT2D eigenvalue weighted by Gasteiger charge is -2.28. The summed E-state index contributed by atoms with van der Waals surface area (Å²) in [6.45, 7) is 3.28. The van der Waals surface area contributed by atoms with Crippen molar-refractivity contribution in [2.75, 3.05) is 36.5 Å². The van der Waals surface area contributed by atoms with E-state index in [1.807, 2.05) is 30.3 Å². The van der Waals surface area contributed by atoms with Crippen LogP contribution in [0.25, 0.3) is 0 Å². The molecule has 1 saturated heterocycles. The van der Waals surface area contributed by atoms with Crippen molar-refractivity contribution in [3.05, 3.63) is 24.3 Å². The van der Waals surface area contributed by atoms with Crippen molar-refractivity contribution in [1.29, 1.82) is 5.26 Å². The number of carbonyl (C=O) groups excluding carboxylic acids is 1. The first-order valence-corrected chi connectivity index (χ1v) is 5.89. The fourth-order valence-corrected chi connectivity index (χ4v) is 1.85. The molecule has 1 aliphatic rings. The minimum absolute atomic E-state index is 0.120. The quantitative estimate of drug-likeness (QED) is 0.873. The van der Waals surface area contributed by atoms with Crippen LogP contribution in [0, 0.1) is 11.3 Å². The molecule has 0 atom stereocenters. The third-order valence-corrected chi connectivity index (χ3v) is 2.77. The van der Waals surface area contributed by atoms with Crippen molar-refractivity contribution in [2.45, 2.75) is 6.42 Å². The Kier molecular flexibility index (Phi) is 4.15. The topological polar surface area (TPSA) is 65.4 Å². The fraction of sp³-hybridized carbons (Fsp3) is 0.385. The molecule has 1 amide bonds. The molecule has 0 aromatic heterocycles. The van der Waals surface area contributed by atoms with Crippen molar-refractivity contribution < 1.29 is 9.53 Å². The molecule has 0 unspecified atom stereocenters. The molecular formula is C13H15N3O2. The molecule has 94 valence electrons. The van der Waals surface area contributed by atoms with E-state index in [-0.39, 0.29) is 12.3 Å². The van der Waals surface area contributed by atoms with Gasteiger partial charge in [-0.1, -0.05) is 0 Å². The number of nitrogens with one attached hydrogen (secondary N) is 1. The fourth-order valence-electron chi connectivity index (χ4n) is 1.85. The van der Waals surface area contributed by atoms with E-state index in [1.165, 1.54) is 0 Å². The average molecular weight is 245 g/mol. The first-order chi connectivity index (χ1) is 8.79. The van der Waals surface area contributed by atoms with Gasteiger partial charge in [0.25, 0.3) is 0 Å². The van der Waals surface area contributed by atoms with Gasteiger partial charge in [0.2, 0.25) is 5.91 Å². The largest absolute Gasteiger partial charge is 0.378 e. The van der Waals surface area contributed by atoms with Crippen LogP contribution in [0.4, 0.5) is 11.4 Å². The van der Waals surface area contributed by atoms with Crippen LogP contribution in [0.3, 0.4) is 0 Å². The summed E-state index contributed by atoms with van der Waals surface area (Å²) in [4.78, 5) is 13.5. The first kappa shape index (κ1) is 12.4. The second kappa shape index (κ2) is 6.03. The zero-order valence-electron chi connectivity index (χ0n) is 10.1. The van der Waals surface area contributed by atoms with E-state index < -0.39 is 0 Å². The summed E-state index contributed by atoms with van der Waals surface area (Å²) in [6.07, 6.45) is -0.120. The number of nitrogens with zero attached hydrogens (tertiary/aromatic N) is 2. The van der Waals surface area contributed by atoms with E-state index in [9.17, 15) is 4.79 Å². The van der Waals surface area contributed by atoms with Crippen LogP contribution in [-0.4, -0.2) is 32.2 Å². The predicted molar refractivity (Wildman–Crippen MR) is 68.3 cm³/mol. The average Bonchev–Trinajstić information content (AvgIpc) is 2.41. The number of carbonyl (C=O) groups is 1. The molecule has 1 aromatic carbocycles. The zero-order chi connectivity index (χ0) is 12.8. The number of benzene rings is 1. The standard InChI is InChI=1S/C13H15N3O2/c14-6-5-13(17)15-11-1-3-12(4-2-11)16-7-9-18-10-8-16/h1-4H,5,7-10H2,(H,15,17). The van der Waals surface area contributed by atoms with E-state index in [1.54, 1.807) is 0 Å². The molecule has 18 heavy (non-hydrogen) atoms. The SMILES string of the molecule is N#CCC(=O)Nc1ccc(N2CCOCC2)cc1. The van der Waals surface area contributed by atoms with E-state index in [2.05, 4.69) is 10.2 Å². The number of morpholine rings is 1. The van der Waals surface area contributed by atoms with Gasteiger partial charge in [-0.15, -0.1) is 0 Å². The molecule has 5 heteroatoms. The minimum Gasteiger partial charge on any atom is -0.378 e. The maximum atomic E-state index is 11.2. The minimum atomic E-state index is -0.281. The second-order valence-electron chi connectivity index (χ2n) is 4.03. The molecule has 0 saturated carbocycles. The van der Waals surface area contributed by atoms with Crippen LogP contribution in [-0.2, 0) is 9.53 Å². The Labute approximate surface area is 106 Å². The van der Waals surface area contributed by atoms with Crippen LogP contribution >= 0.6 is 0 Å². The number of amides is 1. The summed E-state index contributed by atoms with van der Waals surface area (Å²) in [5.41, 5.74) is 1.84. The molecule has 1 heterocycles. The Balaban J connectivity index is 1.96. The highest BCUT2D eigenvalue weighted by Crippen LogP contribution is 2.18. The number of hydrogen-bond donors (Lipinski definition) is 1. The molecular weight excluding hydrogens is 230 g/mol. The van der Waals surface area contributed by atoms with Crippen molar-refractivity contribution >= 4 is 17.3 Å². The van der Waals surface area contributed by atoms with Crippen LogP contribution in [0.15, 0.2) is 24.3 Å². The molecule has 0 aliphatic carbocycles. The normalized spacial score (nSPS) is 14.9. The third-order valence-electron chi connectivity index (χ3n) is 2.77. The van der Waals surface area contributed by atoms with Crippen LogP contribution < -0.4 is 10.2 Å². The number of hydrogen-bond acceptors (Lipinski definition) is 4. The number of anilines is 2. The molecule has 5 nitrogen and oxygen atoms in total. The molecule has 0 radical (unpaired) electrons. The maximum absolute atomic E-state index is 11.2. The molecule has 0 spiro atoms. The van der Waals surface area contributed by atoms with Crippen molar-refractivity contribution in [3.63, 3.8) is 0 Å². The summed E-state index contributed by atoms with van der Waals surface area (Å²) in [7, 11) is 0. The molecule has 0 bridgehead atoms. The van der Waals surface area contributed by atoms with Crippen LogP contribution in [0.2, 0.25) is 0 Å². The van der Waals surface area contributed by atoms with Gasteiger partial charge in [0.15, 0.2) is 0 Å². The summed E-state index contributed by atoms with van der Waals surface area (Å²) in [5.74, 6) is -0.281. The van der Waals surface area contributed by atoms with Gasteiger partial charge < -0.3 is 15.0 Å². The highest BCUT2D eigenvalue weighted by atomic mass is 16.5. The summed E-state index contributed by atoms with van der Waals surface area (Å²) < 4.78 is 5.30. The zero-order valence-corrected chi connectivity index (χ0v) is 10.1. The summed E-state index contributed by atoms with van der Waals surface area (Å²) in [6, 6.07) is 9.44. The predicted octanol–water partition coefficient (Wildman–Crippen LogP) is 1.38. The summed E-state index contributed by atoms with van der Waals surface area (Å²) >= 11 is 0. The van der Waals surface area contributed by atoms with Gasteiger partial charge in [0.05, 0.1) is 19.3 Å². The molecule has 1 aromatic rings. The smallest absolute Gasteiger partial charge is 0.238 e. The van der Waals surface area contributed by atoms with Crippen molar-refractivity contribution in [2.24, 2.45) is 0 Å². The molecule has 2 rings (SSSR count). The molecule has 1 fully saturated rings. The number of ether oxygens (including phenoxy) is 1. The summed E-state index contributed by atoms with van der Waals surface area (Å²) in [5, 5.41) is 11.1. The Morgan fingerprint density at radius 2 is 2.00 bits per heavy atom. The Morgan fingerprint density at radius 3 is 2.61 bits per heavy atom. The van der Waals surface area contributed by atoms with E-state index in [0.717, 1.165) is 32.0 Å². The van der Waals surface area contributed by atoms with E-state index in [4.69, 9.17) is 10.00 Å². The Bertz CT molecular complexity index is 444. The first-order valence-electron chi connectivity index (χ1n) is 5.89. The lowest BCUT2D eigenvalue weighted by atomic mass is 10.2. The second-order valence-corrected chi connectivity index (χ2v) is 4.03. The number of rotatable bonds is 3. The van der Waals surface area contributed by atoms with E-state index >= 15 is 0 Å². The number of nitriles is 1. The molecule has 1 aliphatic heterocycles. The van der Waals surface area contributed by atoms with Gasteiger partial charge in [-0.2, -0.15) is 5.26 Å². The lowest BCUT2D eigenvalue weighted by Crippen LogP contribution is -2.36. The van der Waals surface area contributed by atoms with Crippen LogP contribution in [0.5, 0.6) is 0 Å². The third kappa shape index (κ3) is 3.22. The Morgan fingerprint density at radius 1 is 1.33 bits per heavy atom. The van der Waals surface area contributed by atoms with Gasteiger partial charge >= 0.3 is 0 Å².